The average Bonchev–Trinajstić information content (AvgIpc) is 2.79. The van der Waals surface area contributed by atoms with Crippen molar-refractivity contribution in [2.24, 2.45) is 0 Å². The molecule has 5 nitrogen and oxygen atoms in total. The molecule has 0 unspecified atom stereocenters. The summed E-state index contributed by atoms with van der Waals surface area (Å²) >= 11 is 0. The Balaban J connectivity index is 0.00000200. The van der Waals surface area contributed by atoms with Crippen LogP contribution in [0.25, 0.3) is 0 Å². The lowest BCUT2D eigenvalue weighted by Crippen LogP contribution is -2.25. The fourth-order valence-electron chi connectivity index (χ4n) is 2.27. The number of rotatable bonds is 4. The van der Waals surface area contributed by atoms with Crippen LogP contribution in [0.15, 0.2) is 18.2 Å². The Bertz CT molecular complexity index is 505. The monoisotopic (exact) mass is 297 g/mol. The van der Waals surface area contributed by atoms with E-state index in [1.54, 1.807) is 11.8 Å². The molecular weight excluding hydrogens is 278 g/mol. The standard InChI is InChI=1S/C14H19N3O2.ClH/c1-10(18)17-8-6-11-9-12(3-4-13(11)17)16-14(19)5-7-15-2;/h3-4,9,15H,5-8H2,1-2H3,(H,16,19);1H. The summed E-state index contributed by atoms with van der Waals surface area (Å²) in [6, 6.07) is 5.70. The van der Waals surface area contributed by atoms with Gasteiger partial charge in [0.25, 0.3) is 0 Å². The van der Waals surface area contributed by atoms with Crippen molar-refractivity contribution < 1.29 is 9.59 Å². The summed E-state index contributed by atoms with van der Waals surface area (Å²) in [5.74, 6) is 0.0558. The zero-order valence-corrected chi connectivity index (χ0v) is 12.5. The summed E-state index contributed by atoms with van der Waals surface area (Å²) in [7, 11) is 1.82. The molecule has 20 heavy (non-hydrogen) atoms. The summed E-state index contributed by atoms with van der Waals surface area (Å²) in [4.78, 5) is 24.8. The summed E-state index contributed by atoms with van der Waals surface area (Å²) in [5.41, 5.74) is 2.87. The number of hydrogen-bond acceptors (Lipinski definition) is 3. The van der Waals surface area contributed by atoms with Gasteiger partial charge in [-0.3, -0.25) is 9.59 Å². The molecule has 2 amide bonds. The van der Waals surface area contributed by atoms with Crippen LogP contribution in [-0.2, 0) is 16.0 Å². The van der Waals surface area contributed by atoms with Crippen LogP contribution in [0.5, 0.6) is 0 Å². The van der Waals surface area contributed by atoms with Gasteiger partial charge in [0.15, 0.2) is 0 Å². The van der Waals surface area contributed by atoms with E-state index in [0.29, 0.717) is 13.0 Å². The van der Waals surface area contributed by atoms with Crippen LogP contribution in [0, 0.1) is 0 Å². The molecular formula is C14H20ClN3O2. The van der Waals surface area contributed by atoms with Gasteiger partial charge in [-0.25, -0.2) is 0 Å². The largest absolute Gasteiger partial charge is 0.326 e. The van der Waals surface area contributed by atoms with Crippen molar-refractivity contribution in [1.82, 2.24) is 5.32 Å². The molecule has 6 heteroatoms. The molecule has 0 fully saturated rings. The number of benzene rings is 1. The van der Waals surface area contributed by atoms with Gasteiger partial charge >= 0.3 is 0 Å². The van der Waals surface area contributed by atoms with Gasteiger partial charge in [0.2, 0.25) is 11.8 Å². The SMILES string of the molecule is CNCCC(=O)Nc1ccc2c(c1)CCN2C(C)=O.Cl. The molecule has 0 spiro atoms. The van der Waals surface area contributed by atoms with Crippen LogP contribution < -0.4 is 15.5 Å². The second-order valence-electron chi connectivity index (χ2n) is 4.67. The minimum Gasteiger partial charge on any atom is -0.326 e. The van der Waals surface area contributed by atoms with Gasteiger partial charge < -0.3 is 15.5 Å². The van der Waals surface area contributed by atoms with E-state index < -0.39 is 0 Å². The van der Waals surface area contributed by atoms with E-state index in [9.17, 15) is 9.59 Å². The number of fused-ring (bicyclic) bond motifs is 1. The molecule has 2 N–H and O–H groups in total. The van der Waals surface area contributed by atoms with Crippen molar-refractivity contribution in [2.45, 2.75) is 19.8 Å². The fraction of sp³-hybridized carbons (Fsp3) is 0.429. The number of hydrogen-bond donors (Lipinski definition) is 2. The highest BCUT2D eigenvalue weighted by atomic mass is 35.5. The molecule has 1 heterocycles. The zero-order chi connectivity index (χ0) is 13.8. The van der Waals surface area contributed by atoms with E-state index in [4.69, 9.17) is 0 Å². The topological polar surface area (TPSA) is 61.4 Å². The molecule has 0 atom stereocenters. The maximum Gasteiger partial charge on any atom is 0.225 e. The van der Waals surface area contributed by atoms with Crippen LogP contribution in [0.1, 0.15) is 18.9 Å². The quantitative estimate of drug-likeness (QED) is 0.887. The highest BCUT2D eigenvalue weighted by Crippen LogP contribution is 2.30. The van der Waals surface area contributed by atoms with Crippen molar-refractivity contribution in [3.05, 3.63) is 23.8 Å². The van der Waals surface area contributed by atoms with E-state index in [0.717, 1.165) is 29.9 Å². The van der Waals surface area contributed by atoms with Gasteiger partial charge in [-0.2, -0.15) is 0 Å². The molecule has 1 aliphatic heterocycles. The molecule has 0 saturated heterocycles. The minimum atomic E-state index is -0.00396. The minimum absolute atomic E-state index is 0. The molecule has 0 saturated carbocycles. The third kappa shape index (κ3) is 3.71. The Morgan fingerprint density at radius 3 is 2.75 bits per heavy atom. The highest BCUT2D eigenvalue weighted by molar-refractivity contribution is 5.95. The van der Waals surface area contributed by atoms with Crippen LogP contribution in [-0.4, -0.2) is 32.0 Å². The number of amides is 2. The smallest absolute Gasteiger partial charge is 0.225 e. The lowest BCUT2D eigenvalue weighted by atomic mass is 10.1. The van der Waals surface area contributed by atoms with Crippen LogP contribution in [0.3, 0.4) is 0 Å². The Morgan fingerprint density at radius 2 is 2.10 bits per heavy atom. The van der Waals surface area contributed by atoms with E-state index in [-0.39, 0.29) is 24.2 Å². The maximum absolute atomic E-state index is 11.6. The van der Waals surface area contributed by atoms with E-state index in [2.05, 4.69) is 10.6 Å². The molecule has 0 bridgehead atoms. The molecule has 0 radical (unpaired) electrons. The van der Waals surface area contributed by atoms with Crippen molar-refractivity contribution in [3.63, 3.8) is 0 Å². The number of carbonyl (C=O) groups is 2. The van der Waals surface area contributed by atoms with Gasteiger partial charge in [0.1, 0.15) is 0 Å². The van der Waals surface area contributed by atoms with Gasteiger partial charge in [-0.05, 0) is 37.2 Å². The van der Waals surface area contributed by atoms with E-state index in [1.807, 2.05) is 25.2 Å². The first-order valence-electron chi connectivity index (χ1n) is 6.47. The lowest BCUT2D eigenvalue weighted by Gasteiger charge is -2.15. The average molecular weight is 298 g/mol. The summed E-state index contributed by atoms with van der Waals surface area (Å²) in [6.45, 7) is 2.96. The molecule has 0 aliphatic carbocycles. The summed E-state index contributed by atoms with van der Waals surface area (Å²) in [5, 5.41) is 5.81. The number of nitrogens with one attached hydrogen (secondary N) is 2. The fourth-order valence-corrected chi connectivity index (χ4v) is 2.27. The Hall–Kier alpha value is -1.59. The Morgan fingerprint density at radius 1 is 1.35 bits per heavy atom. The van der Waals surface area contributed by atoms with Crippen molar-refractivity contribution >= 4 is 35.6 Å². The Kier molecular flexibility index (Phi) is 5.98. The Labute approximate surface area is 125 Å². The van der Waals surface area contributed by atoms with Gasteiger partial charge in [-0.15, -0.1) is 12.4 Å². The molecule has 1 aromatic rings. The molecule has 1 aliphatic rings. The van der Waals surface area contributed by atoms with Crippen LogP contribution >= 0.6 is 12.4 Å². The second kappa shape index (κ2) is 7.26. The second-order valence-corrected chi connectivity index (χ2v) is 4.67. The first-order valence-corrected chi connectivity index (χ1v) is 6.47. The molecule has 2 rings (SSSR count). The van der Waals surface area contributed by atoms with Crippen LogP contribution in [0.2, 0.25) is 0 Å². The van der Waals surface area contributed by atoms with Gasteiger partial charge in [0.05, 0.1) is 0 Å². The normalized spacial score (nSPS) is 12.6. The predicted molar refractivity (Wildman–Crippen MR) is 82.6 cm³/mol. The number of anilines is 2. The van der Waals surface area contributed by atoms with E-state index in [1.165, 1.54) is 0 Å². The van der Waals surface area contributed by atoms with Crippen LogP contribution in [0.4, 0.5) is 11.4 Å². The number of nitrogens with zero attached hydrogens (tertiary/aromatic N) is 1. The number of carbonyl (C=O) groups excluding carboxylic acids is 2. The third-order valence-corrected chi connectivity index (χ3v) is 3.24. The van der Waals surface area contributed by atoms with E-state index >= 15 is 0 Å². The van der Waals surface area contributed by atoms with Gasteiger partial charge in [-0.1, -0.05) is 0 Å². The third-order valence-electron chi connectivity index (χ3n) is 3.24. The molecule has 110 valence electrons. The predicted octanol–water partition coefficient (Wildman–Crippen LogP) is 1.57. The first-order chi connectivity index (χ1) is 9.11. The molecule has 1 aromatic carbocycles. The van der Waals surface area contributed by atoms with Crippen molar-refractivity contribution in [2.75, 3.05) is 30.4 Å². The lowest BCUT2D eigenvalue weighted by molar-refractivity contribution is -0.117. The highest BCUT2D eigenvalue weighted by Gasteiger charge is 2.22. The van der Waals surface area contributed by atoms with Gasteiger partial charge in [0, 0.05) is 37.8 Å². The summed E-state index contributed by atoms with van der Waals surface area (Å²) in [6.07, 6.45) is 1.29. The molecule has 0 aromatic heterocycles. The number of halogens is 1. The zero-order valence-electron chi connectivity index (χ0n) is 11.7. The van der Waals surface area contributed by atoms with Crippen molar-refractivity contribution in [3.8, 4) is 0 Å². The maximum atomic E-state index is 11.6. The summed E-state index contributed by atoms with van der Waals surface area (Å²) < 4.78 is 0. The van der Waals surface area contributed by atoms with Crippen molar-refractivity contribution in [1.29, 1.82) is 0 Å². The first kappa shape index (κ1) is 16.5.